The highest BCUT2D eigenvalue weighted by Gasteiger charge is 2.80. The van der Waals surface area contributed by atoms with Gasteiger partial charge in [0.1, 0.15) is 11.8 Å². The van der Waals surface area contributed by atoms with Crippen LogP contribution in [-0.4, -0.2) is 29.5 Å². The summed E-state index contributed by atoms with van der Waals surface area (Å²) < 4.78 is 28.6. The lowest BCUT2D eigenvalue weighted by atomic mass is 9.43. The summed E-state index contributed by atoms with van der Waals surface area (Å²) in [4.78, 5) is 10.9. The molecule has 0 heterocycles. The van der Waals surface area contributed by atoms with Crippen molar-refractivity contribution in [1.82, 2.24) is 0 Å². The zero-order valence-corrected chi connectivity index (χ0v) is 9.53. The number of carboxylic acid groups (broad SMARTS) is 1. The largest absolute Gasteiger partial charge is 0.481 e. The standard InChI is InChI=1S/C12H17F2NO2/c13-10-6-1-2-7-11(5-15,4-9(16)17)8(3-6)12(7,10)14/h6-8,10H,1-5,15H2,(H,16,17)/t6-,7+,8-,10-,11+,12+/m0/s1. The van der Waals surface area contributed by atoms with Crippen molar-refractivity contribution in [3.8, 4) is 0 Å². The van der Waals surface area contributed by atoms with E-state index >= 15 is 0 Å². The maximum atomic E-state index is 14.7. The Bertz CT molecular complexity index is 368. The molecule has 3 rings (SSSR count). The number of alkyl halides is 2. The van der Waals surface area contributed by atoms with Crippen molar-refractivity contribution in [3.05, 3.63) is 0 Å². The number of hydrogen-bond acceptors (Lipinski definition) is 2. The van der Waals surface area contributed by atoms with Crippen LogP contribution in [0.1, 0.15) is 25.7 Å². The number of fused-ring (bicyclic) bond motifs is 1. The minimum atomic E-state index is -1.78. The van der Waals surface area contributed by atoms with E-state index in [1.807, 2.05) is 0 Å². The molecule has 2 bridgehead atoms. The molecule has 5 heteroatoms. The summed E-state index contributed by atoms with van der Waals surface area (Å²) >= 11 is 0. The van der Waals surface area contributed by atoms with Crippen LogP contribution >= 0.6 is 0 Å². The Morgan fingerprint density at radius 1 is 1.41 bits per heavy atom. The van der Waals surface area contributed by atoms with Crippen LogP contribution in [0, 0.1) is 23.2 Å². The van der Waals surface area contributed by atoms with E-state index in [0.717, 1.165) is 0 Å². The molecule has 0 unspecified atom stereocenters. The molecule has 0 aromatic carbocycles. The predicted molar refractivity (Wildman–Crippen MR) is 56.8 cm³/mol. The lowest BCUT2D eigenvalue weighted by molar-refractivity contribution is -0.227. The third-order valence-corrected chi connectivity index (χ3v) is 5.52. The zero-order chi connectivity index (χ0) is 12.4. The van der Waals surface area contributed by atoms with Gasteiger partial charge in [-0.3, -0.25) is 4.79 Å². The average Bonchev–Trinajstić information content (AvgIpc) is 2.48. The molecule has 0 radical (unpaired) electrons. The maximum Gasteiger partial charge on any atom is 0.303 e. The molecule has 3 fully saturated rings. The van der Waals surface area contributed by atoms with E-state index in [1.165, 1.54) is 0 Å². The topological polar surface area (TPSA) is 63.3 Å². The Kier molecular flexibility index (Phi) is 2.14. The Morgan fingerprint density at radius 3 is 2.71 bits per heavy atom. The van der Waals surface area contributed by atoms with Crippen molar-refractivity contribution in [2.24, 2.45) is 28.9 Å². The molecule has 3 aliphatic rings. The second kappa shape index (κ2) is 3.19. The average molecular weight is 245 g/mol. The fraction of sp³-hybridized carbons (Fsp3) is 0.917. The summed E-state index contributed by atoms with van der Waals surface area (Å²) in [6.45, 7) is 0.153. The lowest BCUT2D eigenvalue weighted by Crippen LogP contribution is -2.71. The predicted octanol–water partition coefficient (Wildman–Crippen LogP) is 1.51. The van der Waals surface area contributed by atoms with E-state index in [2.05, 4.69) is 0 Å². The number of aliphatic carboxylic acids is 1. The number of rotatable bonds is 3. The SMILES string of the molecule is NC[C@]1(CC(=O)O)[C@H]2CC[C@H]3C[C@@H]1[C@@]2(F)[C@H]3F. The molecule has 3 nitrogen and oxygen atoms in total. The van der Waals surface area contributed by atoms with Gasteiger partial charge < -0.3 is 10.8 Å². The van der Waals surface area contributed by atoms with Gasteiger partial charge in [-0.1, -0.05) is 0 Å². The van der Waals surface area contributed by atoms with Gasteiger partial charge in [0.15, 0.2) is 0 Å². The van der Waals surface area contributed by atoms with E-state index in [9.17, 15) is 13.6 Å². The van der Waals surface area contributed by atoms with Crippen LogP contribution in [0.25, 0.3) is 0 Å². The highest BCUT2D eigenvalue weighted by molar-refractivity contribution is 5.68. The van der Waals surface area contributed by atoms with Gasteiger partial charge in [0, 0.05) is 17.3 Å². The van der Waals surface area contributed by atoms with Crippen LogP contribution in [0.3, 0.4) is 0 Å². The second-order valence-corrected chi connectivity index (χ2v) is 5.92. The smallest absolute Gasteiger partial charge is 0.303 e. The molecule has 3 saturated carbocycles. The Hall–Kier alpha value is -0.710. The Balaban J connectivity index is 1.98. The van der Waals surface area contributed by atoms with Crippen molar-refractivity contribution >= 4 is 5.97 Å². The second-order valence-electron chi connectivity index (χ2n) is 5.92. The van der Waals surface area contributed by atoms with Gasteiger partial charge in [-0.2, -0.15) is 0 Å². The van der Waals surface area contributed by atoms with Gasteiger partial charge in [-0.05, 0) is 31.7 Å². The molecule has 96 valence electrons. The van der Waals surface area contributed by atoms with E-state index in [1.54, 1.807) is 0 Å². The number of hydrogen-bond donors (Lipinski definition) is 2. The summed E-state index contributed by atoms with van der Waals surface area (Å²) in [7, 11) is 0. The zero-order valence-electron chi connectivity index (χ0n) is 9.53. The lowest BCUT2D eigenvalue weighted by Gasteiger charge is -2.63. The number of carbonyl (C=O) groups is 1. The molecule has 0 spiro atoms. The van der Waals surface area contributed by atoms with E-state index in [0.29, 0.717) is 19.3 Å². The fourth-order valence-corrected chi connectivity index (χ4v) is 4.89. The molecule has 3 aliphatic carbocycles. The van der Waals surface area contributed by atoms with E-state index < -0.39 is 35.1 Å². The molecule has 0 aliphatic heterocycles. The molecular weight excluding hydrogens is 228 g/mol. The minimum Gasteiger partial charge on any atom is -0.481 e. The Labute approximate surface area is 98.4 Å². The van der Waals surface area contributed by atoms with Crippen molar-refractivity contribution < 1.29 is 18.7 Å². The molecule has 0 amide bonds. The highest BCUT2D eigenvalue weighted by Crippen LogP contribution is 2.74. The third-order valence-electron chi connectivity index (χ3n) is 5.52. The quantitative estimate of drug-likeness (QED) is 0.792. The van der Waals surface area contributed by atoms with Crippen molar-refractivity contribution in [1.29, 1.82) is 0 Å². The van der Waals surface area contributed by atoms with Gasteiger partial charge in [-0.15, -0.1) is 0 Å². The summed E-state index contributed by atoms with van der Waals surface area (Å²) in [5.74, 6) is -2.15. The molecule has 17 heavy (non-hydrogen) atoms. The molecule has 0 aromatic rings. The molecule has 0 aromatic heterocycles. The van der Waals surface area contributed by atoms with Gasteiger partial charge in [0.25, 0.3) is 0 Å². The first-order valence-electron chi connectivity index (χ1n) is 6.21. The maximum absolute atomic E-state index is 14.7. The first kappa shape index (κ1) is 11.4. The number of nitrogens with two attached hydrogens (primary N) is 1. The van der Waals surface area contributed by atoms with Crippen LogP contribution in [0.5, 0.6) is 0 Å². The molecule has 6 atom stereocenters. The van der Waals surface area contributed by atoms with Crippen molar-refractivity contribution in [2.75, 3.05) is 6.54 Å². The van der Waals surface area contributed by atoms with Crippen molar-refractivity contribution in [3.63, 3.8) is 0 Å². The summed E-state index contributed by atoms with van der Waals surface area (Å²) in [6, 6.07) is 0. The summed E-state index contributed by atoms with van der Waals surface area (Å²) in [6.07, 6.45) is 0.209. The van der Waals surface area contributed by atoms with Crippen LogP contribution in [-0.2, 0) is 4.79 Å². The van der Waals surface area contributed by atoms with Gasteiger partial charge in [-0.25, -0.2) is 8.78 Å². The summed E-state index contributed by atoms with van der Waals surface area (Å²) in [5, 5.41) is 8.97. The third kappa shape index (κ3) is 1.07. The minimum absolute atomic E-state index is 0.121. The number of carboxylic acids is 1. The van der Waals surface area contributed by atoms with Gasteiger partial charge in [0.2, 0.25) is 0 Å². The Morgan fingerprint density at radius 2 is 2.12 bits per heavy atom. The molecule has 0 saturated heterocycles. The van der Waals surface area contributed by atoms with E-state index in [-0.39, 0.29) is 18.9 Å². The monoisotopic (exact) mass is 245 g/mol. The van der Waals surface area contributed by atoms with Crippen LogP contribution in [0.2, 0.25) is 0 Å². The van der Waals surface area contributed by atoms with Crippen molar-refractivity contribution in [2.45, 2.75) is 37.5 Å². The first-order chi connectivity index (χ1) is 7.96. The van der Waals surface area contributed by atoms with Crippen LogP contribution < -0.4 is 5.73 Å². The normalized spacial score (nSPS) is 55.5. The van der Waals surface area contributed by atoms with Gasteiger partial charge >= 0.3 is 5.97 Å². The number of halogens is 2. The fourth-order valence-electron chi connectivity index (χ4n) is 4.89. The highest BCUT2D eigenvalue weighted by atomic mass is 19.2. The van der Waals surface area contributed by atoms with Crippen LogP contribution in [0.15, 0.2) is 0 Å². The first-order valence-corrected chi connectivity index (χ1v) is 6.21. The molecule has 3 N–H and O–H groups in total. The van der Waals surface area contributed by atoms with Gasteiger partial charge in [0.05, 0.1) is 6.42 Å². The molecular formula is C12H17F2NO2. The van der Waals surface area contributed by atoms with E-state index in [4.69, 9.17) is 10.8 Å². The van der Waals surface area contributed by atoms with Crippen LogP contribution in [0.4, 0.5) is 8.78 Å². The summed E-state index contributed by atoms with van der Waals surface area (Å²) in [5.41, 5.74) is 3.23.